The molecule has 1 aromatic carbocycles. The van der Waals surface area contributed by atoms with Gasteiger partial charge < -0.3 is 29.2 Å². The monoisotopic (exact) mass is 440 g/mol. The van der Waals surface area contributed by atoms with Gasteiger partial charge in [-0.15, -0.1) is 0 Å². The Kier molecular flexibility index (Phi) is 7.84. The molecule has 5 N–H and O–H groups in total. The Bertz CT molecular complexity index is 1030. The molecule has 1 aliphatic heterocycles. The summed E-state index contributed by atoms with van der Waals surface area (Å²) in [5.41, 5.74) is 0.314. The van der Waals surface area contributed by atoms with Crippen LogP contribution in [0.3, 0.4) is 0 Å². The van der Waals surface area contributed by atoms with E-state index in [1.54, 1.807) is 17.7 Å². The largest absolute Gasteiger partial charge is 0.463 e. The fraction of sp³-hybridized carbons (Fsp3) is 0.438. The molecule has 29 heavy (non-hydrogen) atoms. The first-order chi connectivity index (χ1) is 13.1. The van der Waals surface area contributed by atoms with Crippen LogP contribution in [0.4, 0.5) is 0 Å². The molecule has 0 aliphatic carbocycles. The van der Waals surface area contributed by atoms with Crippen LogP contribution in [0.25, 0.3) is 11.0 Å². The van der Waals surface area contributed by atoms with Crippen molar-refractivity contribution in [1.82, 2.24) is 4.72 Å². The van der Waals surface area contributed by atoms with E-state index in [1.165, 1.54) is 18.2 Å². The van der Waals surface area contributed by atoms with Gasteiger partial charge in [0.05, 0.1) is 6.61 Å². The number of aliphatic hydroxyl groups excluding tert-OH is 3. The van der Waals surface area contributed by atoms with Gasteiger partial charge in [0.25, 0.3) is 0 Å². The maximum atomic E-state index is 11.5. The van der Waals surface area contributed by atoms with E-state index in [0.29, 0.717) is 10.9 Å². The standard InChI is InChI=1S/C16H19NO10S.Na/c1-7-4-12(19)26-10-5-8(2-3-9(7)10)25-16-13(17-28(22,23)24)15(21)14(20)11(6-18)27-16;/h2-5,11,13-18,20-21H,6H2,1H3,(H,22,23,24);/t11-,13-,14-,15-,16+;/m1./s1. The first-order valence-electron chi connectivity index (χ1n) is 8.17. The molecule has 0 bridgehead atoms. The summed E-state index contributed by atoms with van der Waals surface area (Å²) in [6.45, 7) is 1.04. The van der Waals surface area contributed by atoms with Gasteiger partial charge in [0.15, 0.2) is 0 Å². The molecule has 0 spiro atoms. The zero-order valence-electron chi connectivity index (χ0n) is 15.5. The molecule has 1 fully saturated rings. The molecule has 155 valence electrons. The van der Waals surface area contributed by atoms with Crippen molar-refractivity contribution in [1.29, 1.82) is 0 Å². The Morgan fingerprint density at radius 3 is 2.52 bits per heavy atom. The molecule has 3 rings (SSSR count). The van der Waals surface area contributed by atoms with Crippen LogP contribution in [0.2, 0.25) is 0 Å². The van der Waals surface area contributed by atoms with E-state index in [1.807, 2.05) is 0 Å². The number of hydrogen-bond acceptors (Lipinski definition) is 9. The molecule has 0 saturated carbocycles. The average molecular weight is 440 g/mol. The minimum absolute atomic E-state index is 0. The summed E-state index contributed by atoms with van der Waals surface area (Å²) in [5.74, 6) is 0.0914. The third-order valence-electron chi connectivity index (χ3n) is 4.34. The molecule has 11 nitrogen and oxygen atoms in total. The number of nitrogens with one attached hydrogen (secondary N) is 1. The van der Waals surface area contributed by atoms with E-state index >= 15 is 0 Å². The summed E-state index contributed by atoms with van der Waals surface area (Å²) >= 11 is 0. The van der Waals surface area contributed by atoms with Crippen LogP contribution < -0.4 is 15.1 Å². The molecule has 0 amide bonds. The zero-order chi connectivity index (χ0) is 20.6. The van der Waals surface area contributed by atoms with Crippen molar-refractivity contribution in [2.45, 2.75) is 37.6 Å². The van der Waals surface area contributed by atoms with Crippen LogP contribution >= 0.6 is 0 Å². The van der Waals surface area contributed by atoms with E-state index in [0.717, 1.165) is 0 Å². The first-order valence-corrected chi connectivity index (χ1v) is 9.61. The Labute approximate surface area is 187 Å². The average Bonchev–Trinajstić information content (AvgIpc) is 2.59. The maximum absolute atomic E-state index is 11.5. The van der Waals surface area contributed by atoms with Crippen LogP contribution in [0.1, 0.15) is 5.56 Å². The minimum atomic E-state index is -4.78. The number of ether oxygens (including phenoxy) is 2. The van der Waals surface area contributed by atoms with Gasteiger partial charge in [0.1, 0.15) is 35.7 Å². The maximum Gasteiger partial charge on any atom is 0.336 e. The molecule has 1 aromatic heterocycles. The topological polar surface area (TPSA) is 176 Å². The second-order valence-corrected chi connectivity index (χ2v) is 7.54. The zero-order valence-corrected chi connectivity index (χ0v) is 18.4. The van der Waals surface area contributed by atoms with Crippen LogP contribution in [0, 0.1) is 6.92 Å². The minimum Gasteiger partial charge on any atom is -0.463 e. The third kappa shape index (κ3) is 5.55. The number of hydrogen-bond donors (Lipinski definition) is 5. The van der Waals surface area contributed by atoms with Gasteiger partial charge >= 0.3 is 15.9 Å². The van der Waals surface area contributed by atoms with Crippen molar-refractivity contribution in [3.63, 3.8) is 0 Å². The van der Waals surface area contributed by atoms with Gasteiger partial charge in [-0.3, -0.25) is 4.55 Å². The fourth-order valence-electron chi connectivity index (χ4n) is 2.99. The van der Waals surface area contributed by atoms with Gasteiger partial charge in [-0.1, -0.05) is 0 Å². The molecule has 1 aliphatic rings. The van der Waals surface area contributed by atoms with Crippen molar-refractivity contribution in [2.75, 3.05) is 6.61 Å². The van der Waals surface area contributed by atoms with Crippen LogP contribution in [0.5, 0.6) is 5.75 Å². The third-order valence-corrected chi connectivity index (χ3v) is 4.91. The van der Waals surface area contributed by atoms with E-state index in [4.69, 9.17) is 18.4 Å². The van der Waals surface area contributed by atoms with Gasteiger partial charge in [-0.25, -0.2) is 4.79 Å². The molecule has 2 aromatic rings. The molecule has 5 atom stereocenters. The van der Waals surface area contributed by atoms with Crippen LogP contribution in [-0.4, -0.2) is 95.1 Å². The summed E-state index contributed by atoms with van der Waals surface area (Å²) in [4.78, 5) is 11.5. The summed E-state index contributed by atoms with van der Waals surface area (Å²) in [6, 6.07) is 4.19. The van der Waals surface area contributed by atoms with E-state index in [9.17, 15) is 28.5 Å². The van der Waals surface area contributed by atoms with E-state index in [2.05, 4.69) is 0 Å². The molecule has 13 heteroatoms. The Hall–Kier alpha value is -1.06. The van der Waals surface area contributed by atoms with Crippen molar-refractivity contribution in [3.05, 3.63) is 40.2 Å². The molecule has 0 unspecified atom stereocenters. The van der Waals surface area contributed by atoms with Crippen molar-refractivity contribution in [3.8, 4) is 5.75 Å². The molecule has 1 saturated heterocycles. The fourth-order valence-corrected chi connectivity index (χ4v) is 3.59. The summed E-state index contributed by atoms with van der Waals surface area (Å²) in [7, 11) is -4.78. The summed E-state index contributed by atoms with van der Waals surface area (Å²) in [5, 5.41) is 30.1. The van der Waals surface area contributed by atoms with E-state index < -0.39 is 53.2 Å². The smallest absolute Gasteiger partial charge is 0.336 e. The quantitative estimate of drug-likeness (QED) is 0.205. The second kappa shape index (κ2) is 9.39. The number of benzene rings is 1. The summed E-state index contributed by atoms with van der Waals surface area (Å²) in [6.07, 6.45) is -6.17. The van der Waals surface area contributed by atoms with E-state index in [-0.39, 0.29) is 40.9 Å². The SMILES string of the molecule is Cc1cc(=O)oc2cc(O[C@H]3O[C@H](CO)[C@@H](O)[C@H](O)[C@H]3NS(=O)(=O)O)ccc12.[Na]. The van der Waals surface area contributed by atoms with Gasteiger partial charge in [0, 0.05) is 47.1 Å². The van der Waals surface area contributed by atoms with Crippen LogP contribution in [-0.2, 0) is 15.0 Å². The van der Waals surface area contributed by atoms with Crippen molar-refractivity contribution >= 4 is 50.8 Å². The number of rotatable bonds is 5. The molecule has 2 heterocycles. The number of aryl methyl sites for hydroxylation is 1. The predicted octanol–water partition coefficient (Wildman–Crippen LogP) is -1.70. The molecule has 1 radical (unpaired) electrons. The van der Waals surface area contributed by atoms with Crippen LogP contribution in [0.15, 0.2) is 33.5 Å². The van der Waals surface area contributed by atoms with Crippen molar-refractivity contribution in [2.24, 2.45) is 0 Å². The number of fused-ring (bicyclic) bond motifs is 1. The van der Waals surface area contributed by atoms with Crippen molar-refractivity contribution < 1.29 is 42.2 Å². The summed E-state index contributed by atoms with van der Waals surface area (Å²) < 4.78 is 49.1. The number of aliphatic hydroxyl groups is 3. The van der Waals surface area contributed by atoms with Gasteiger partial charge in [-0.2, -0.15) is 13.1 Å². The Balaban J connectivity index is 0.00000300. The molecular weight excluding hydrogens is 421 g/mol. The first kappa shape index (κ1) is 24.2. The molecular formula is C16H19NNaO10S. The predicted molar refractivity (Wildman–Crippen MR) is 99.8 cm³/mol. The Morgan fingerprint density at radius 1 is 1.21 bits per heavy atom. The second-order valence-electron chi connectivity index (χ2n) is 6.35. The van der Waals surface area contributed by atoms with Gasteiger partial charge in [0.2, 0.25) is 6.29 Å². The van der Waals surface area contributed by atoms with Gasteiger partial charge in [-0.05, 0) is 24.6 Å². The normalized spacial score (nSPS) is 27.4. The Morgan fingerprint density at radius 2 is 1.90 bits per heavy atom.